The van der Waals surface area contributed by atoms with E-state index < -0.39 is 23.5 Å². The van der Waals surface area contributed by atoms with Crippen LogP contribution in [0.4, 0.5) is 13.2 Å². The van der Waals surface area contributed by atoms with Gasteiger partial charge in [0.25, 0.3) is 0 Å². The molecular weight excluding hydrogens is 307 g/mol. The van der Waals surface area contributed by atoms with Crippen LogP contribution in [0.5, 0.6) is 0 Å². The molecule has 1 unspecified atom stereocenters. The van der Waals surface area contributed by atoms with Gasteiger partial charge in [0.2, 0.25) is 0 Å². The van der Waals surface area contributed by atoms with E-state index in [-0.39, 0.29) is 5.56 Å². The maximum absolute atomic E-state index is 13.6. The quantitative estimate of drug-likeness (QED) is 0.893. The van der Waals surface area contributed by atoms with E-state index in [0.717, 1.165) is 0 Å². The SMILES string of the molecule is NC(c1ccccc1Br)c1c(F)cc(F)cc1F. The number of hydrogen-bond acceptors (Lipinski definition) is 1. The van der Waals surface area contributed by atoms with Crippen molar-refractivity contribution in [1.29, 1.82) is 0 Å². The molecule has 2 aromatic carbocycles. The van der Waals surface area contributed by atoms with E-state index >= 15 is 0 Å². The summed E-state index contributed by atoms with van der Waals surface area (Å²) >= 11 is 3.26. The van der Waals surface area contributed by atoms with Gasteiger partial charge in [0.1, 0.15) is 17.5 Å². The monoisotopic (exact) mass is 315 g/mol. The minimum atomic E-state index is -0.999. The molecule has 0 fully saturated rings. The largest absolute Gasteiger partial charge is 0.320 e. The molecule has 0 radical (unpaired) electrons. The average Bonchev–Trinajstić information content (AvgIpc) is 2.27. The van der Waals surface area contributed by atoms with Gasteiger partial charge in [-0.15, -0.1) is 0 Å². The van der Waals surface area contributed by atoms with E-state index in [2.05, 4.69) is 15.9 Å². The molecule has 0 saturated carbocycles. The van der Waals surface area contributed by atoms with E-state index in [1.54, 1.807) is 24.3 Å². The third-order valence-corrected chi connectivity index (χ3v) is 3.32. The number of nitrogens with two attached hydrogens (primary N) is 1. The standard InChI is InChI=1S/C13H9BrF3N/c14-9-4-2-1-3-8(9)13(18)12-10(16)5-7(15)6-11(12)17/h1-6,13H,18H2. The van der Waals surface area contributed by atoms with Crippen LogP contribution in [-0.4, -0.2) is 0 Å². The van der Waals surface area contributed by atoms with Gasteiger partial charge in [-0.2, -0.15) is 0 Å². The molecule has 2 N–H and O–H groups in total. The fraction of sp³-hybridized carbons (Fsp3) is 0.0769. The average molecular weight is 316 g/mol. The fourth-order valence-corrected chi connectivity index (χ4v) is 2.26. The molecule has 0 aliphatic rings. The number of rotatable bonds is 2. The molecule has 0 heterocycles. The van der Waals surface area contributed by atoms with Gasteiger partial charge in [-0.25, -0.2) is 13.2 Å². The summed E-state index contributed by atoms with van der Waals surface area (Å²) in [5.74, 6) is -2.94. The van der Waals surface area contributed by atoms with Crippen molar-refractivity contribution in [3.63, 3.8) is 0 Å². The Bertz CT molecular complexity index is 563. The second-order valence-electron chi connectivity index (χ2n) is 3.78. The van der Waals surface area contributed by atoms with Crippen molar-refractivity contribution in [3.8, 4) is 0 Å². The number of hydrogen-bond donors (Lipinski definition) is 1. The second kappa shape index (κ2) is 5.12. The maximum Gasteiger partial charge on any atom is 0.134 e. The van der Waals surface area contributed by atoms with Crippen LogP contribution in [0.1, 0.15) is 17.2 Å². The Hall–Kier alpha value is -1.33. The van der Waals surface area contributed by atoms with Gasteiger partial charge in [-0.3, -0.25) is 0 Å². The Morgan fingerprint density at radius 3 is 2.11 bits per heavy atom. The molecule has 18 heavy (non-hydrogen) atoms. The van der Waals surface area contributed by atoms with Gasteiger partial charge < -0.3 is 5.73 Å². The molecule has 0 aliphatic carbocycles. The highest BCUT2D eigenvalue weighted by molar-refractivity contribution is 9.10. The molecule has 94 valence electrons. The van der Waals surface area contributed by atoms with Crippen molar-refractivity contribution in [2.75, 3.05) is 0 Å². The zero-order chi connectivity index (χ0) is 13.3. The van der Waals surface area contributed by atoms with Crippen LogP contribution in [0.2, 0.25) is 0 Å². The summed E-state index contributed by atoms with van der Waals surface area (Å²) in [6, 6.07) is 7.08. The van der Waals surface area contributed by atoms with Gasteiger partial charge >= 0.3 is 0 Å². The Balaban J connectivity index is 2.53. The van der Waals surface area contributed by atoms with Gasteiger partial charge in [0, 0.05) is 22.2 Å². The molecule has 1 nitrogen and oxygen atoms in total. The number of halogens is 4. The third-order valence-electron chi connectivity index (χ3n) is 2.60. The van der Waals surface area contributed by atoms with Crippen LogP contribution in [0, 0.1) is 17.5 Å². The molecule has 1 atom stereocenters. The van der Waals surface area contributed by atoms with Crippen LogP contribution >= 0.6 is 15.9 Å². The third kappa shape index (κ3) is 2.42. The summed E-state index contributed by atoms with van der Waals surface area (Å²) in [5, 5.41) is 0. The summed E-state index contributed by atoms with van der Waals surface area (Å²) in [4.78, 5) is 0. The molecule has 0 aromatic heterocycles. The second-order valence-corrected chi connectivity index (χ2v) is 4.64. The minimum absolute atomic E-state index is 0.344. The summed E-state index contributed by atoms with van der Waals surface area (Å²) < 4.78 is 40.7. The Morgan fingerprint density at radius 1 is 1.00 bits per heavy atom. The lowest BCUT2D eigenvalue weighted by molar-refractivity contribution is 0.515. The fourth-order valence-electron chi connectivity index (χ4n) is 1.73. The lowest BCUT2D eigenvalue weighted by Gasteiger charge is -2.16. The summed E-state index contributed by atoms with van der Waals surface area (Å²) in [5.41, 5.74) is 6.02. The van der Waals surface area contributed by atoms with Crippen molar-refractivity contribution in [2.24, 2.45) is 5.73 Å². The predicted molar refractivity (Wildman–Crippen MR) is 66.5 cm³/mol. The van der Waals surface area contributed by atoms with Crippen molar-refractivity contribution >= 4 is 15.9 Å². The van der Waals surface area contributed by atoms with Crippen molar-refractivity contribution in [2.45, 2.75) is 6.04 Å². The van der Waals surface area contributed by atoms with Crippen molar-refractivity contribution in [1.82, 2.24) is 0 Å². The molecule has 5 heteroatoms. The first-order chi connectivity index (χ1) is 8.50. The molecule has 0 saturated heterocycles. The molecule has 2 aromatic rings. The molecule has 2 rings (SSSR count). The summed E-state index contributed by atoms with van der Waals surface area (Å²) in [6.07, 6.45) is 0. The number of benzene rings is 2. The van der Waals surface area contributed by atoms with Crippen molar-refractivity contribution in [3.05, 3.63) is 69.4 Å². The normalized spacial score (nSPS) is 12.5. The maximum atomic E-state index is 13.6. The highest BCUT2D eigenvalue weighted by atomic mass is 79.9. The van der Waals surface area contributed by atoms with Gasteiger partial charge in [0.05, 0.1) is 6.04 Å². The van der Waals surface area contributed by atoms with E-state index in [9.17, 15) is 13.2 Å². The summed E-state index contributed by atoms with van der Waals surface area (Å²) in [7, 11) is 0. The highest BCUT2D eigenvalue weighted by Gasteiger charge is 2.21. The molecule has 0 amide bonds. The lowest BCUT2D eigenvalue weighted by Crippen LogP contribution is -2.16. The zero-order valence-electron chi connectivity index (χ0n) is 9.13. The van der Waals surface area contributed by atoms with E-state index in [1.807, 2.05) is 0 Å². The van der Waals surface area contributed by atoms with E-state index in [0.29, 0.717) is 22.2 Å². The summed E-state index contributed by atoms with van der Waals surface area (Å²) in [6.45, 7) is 0. The highest BCUT2D eigenvalue weighted by Crippen LogP contribution is 2.30. The Labute approximate surface area is 111 Å². The van der Waals surface area contributed by atoms with Crippen LogP contribution in [0.3, 0.4) is 0 Å². The van der Waals surface area contributed by atoms with Crippen LogP contribution < -0.4 is 5.73 Å². The van der Waals surface area contributed by atoms with E-state index in [1.165, 1.54) is 0 Å². The molecule has 0 spiro atoms. The van der Waals surface area contributed by atoms with Gasteiger partial charge in [0.15, 0.2) is 0 Å². The van der Waals surface area contributed by atoms with Crippen LogP contribution in [0.25, 0.3) is 0 Å². The van der Waals surface area contributed by atoms with Crippen LogP contribution in [-0.2, 0) is 0 Å². The van der Waals surface area contributed by atoms with Crippen LogP contribution in [0.15, 0.2) is 40.9 Å². The zero-order valence-corrected chi connectivity index (χ0v) is 10.7. The Morgan fingerprint density at radius 2 is 1.56 bits per heavy atom. The van der Waals surface area contributed by atoms with Gasteiger partial charge in [-0.1, -0.05) is 34.1 Å². The van der Waals surface area contributed by atoms with Crippen molar-refractivity contribution < 1.29 is 13.2 Å². The minimum Gasteiger partial charge on any atom is -0.320 e. The first kappa shape index (κ1) is 13.1. The molecule has 0 bridgehead atoms. The smallest absolute Gasteiger partial charge is 0.134 e. The molecular formula is C13H9BrF3N. The first-order valence-electron chi connectivity index (χ1n) is 5.15. The molecule has 0 aliphatic heterocycles. The first-order valence-corrected chi connectivity index (χ1v) is 5.94. The predicted octanol–water partition coefficient (Wildman–Crippen LogP) is 3.91. The van der Waals surface area contributed by atoms with Gasteiger partial charge in [-0.05, 0) is 11.6 Å². The Kier molecular flexibility index (Phi) is 3.73. The topological polar surface area (TPSA) is 26.0 Å². The van der Waals surface area contributed by atoms with E-state index in [4.69, 9.17) is 5.73 Å². The lowest BCUT2D eigenvalue weighted by atomic mass is 9.98.